The molecule has 0 saturated carbocycles. The van der Waals surface area contributed by atoms with Crippen molar-refractivity contribution in [2.24, 2.45) is 5.92 Å². The second-order valence-electron chi connectivity index (χ2n) is 3.54. The average molecular weight is 241 g/mol. The first kappa shape index (κ1) is 15.5. The second kappa shape index (κ2) is 8.59. The Morgan fingerprint density at radius 2 is 2.00 bits per heavy atom. The first-order valence-corrected chi connectivity index (χ1v) is 5.51. The molecule has 0 aromatic rings. The number of carbonyl (C=O) groups is 1. The Kier molecular flexibility index (Phi) is 7.82. The largest absolute Gasteiger partial charge is 0.499 e. The van der Waals surface area contributed by atoms with Gasteiger partial charge in [-0.3, -0.25) is 0 Å². The molecule has 96 valence electrons. The van der Waals surface area contributed by atoms with Gasteiger partial charge in [-0.05, 0) is 6.92 Å². The molecular weight excluding hydrogens is 222 g/mol. The molecular formula is C12H19NO4. The summed E-state index contributed by atoms with van der Waals surface area (Å²) in [6, 6.07) is 1.81. The molecule has 5 heteroatoms. The zero-order chi connectivity index (χ0) is 13.3. The van der Waals surface area contributed by atoms with E-state index in [-0.39, 0.29) is 18.1 Å². The monoisotopic (exact) mass is 241 g/mol. The van der Waals surface area contributed by atoms with E-state index in [9.17, 15) is 4.79 Å². The molecule has 0 aliphatic heterocycles. The van der Waals surface area contributed by atoms with E-state index in [0.717, 1.165) is 0 Å². The van der Waals surface area contributed by atoms with Crippen LogP contribution < -0.4 is 0 Å². The van der Waals surface area contributed by atoms with Gasteiger partial charge in [0.15, 0.2) is 5.57 Å². The van der Waals surface area contributed by atoms with Gasteiger partial charge in [-0.1, -0.05) is 13.8 Å². The van der Waals surface area contributed by atoms with E-state index in [1.54, 1.807) is 0 Å². The summed E-state index contributed by atoms with van der Waals surface area (Å²) in [4.78, 5) is 11.6. The summed E-state index contributed by atoms with van der Waals surface area (Å²) in [6.07, 6.45) is 0. The molecule has 0 spiro atoms. The summed E-state index contributed by atoms with van der Waals surface area (Å²) >= 11 is 0. The molecule has 0 unspecified atom stereocenters. The lowest BCUT2D eigenvalue weighted by Crippen LogP contribution is -2.15. The van der Waals surface area contributed by atoms with Crippen molar-refractivity contribution < 1.29 is 19.0 Å². The number of esters is 1. The first-order chi connectivity index (χ1) is 8.08. The SMILES string of the molecule is CCOCCOC(=O)C(C#N)=C(OC)C(C)C. The summed E-state index contributed by atoms with van der Waals surface area (Å²) in [5, 5.41) is 8.93. The Labute approximate surface area is 102 Å². The van der Waals surface area contributed by atoms with E-state index in [4.69, 9.17) is 19.5 Å². The molecule has 0 aliphatic rings. The van der Waals surface area contributed by atoms with Crippen molar-refractivity contribution in [2.45, 2.75) is 20.8 Å². The van der Waals surface area contributed by atoms with Crippen molar-refractivity contribution in [1.29, 1.82) is 5.26 Å². The van der Waals surface area contributed by atoms with Gasteiger partial charge in [-0.15, -0.1) is 0 Å². The summed E-state index contributed by atoms with van der Waals surface area (Å²) in [5.74, 6) is -0.374. The lowest BCUT2D eigenvalue weighted by atomic mass is 10.1. The Hall–Kier alpha value is -1.54. The highest BCUT2D eigenvalue weighted by Gasteiger charge is 2.19. The number of hydrogen-bond acceptors (Lipinski definition) is 5. The lowest BCUT2D eigenvalue weighted by molar-refractivity contribution is -0.140. The van der Waals surface area contributed by atoms with Gasteiger partial charge >= 0.3 is 5.97 Å². The Morgan fingerprint density at radius 1 is 1.35 bits per heavy atom. The molecule has 0 fully saturated rings. The predicted octanol–water partition coefficient (Wildman–Crippen LogP) is 1.65. The number of carbonyl (C=O) groups excluding carboxylic acids is 1. The fraction of sp³-hybridized carbons (Fsp3) is 0.667. The fourth-order valence-corrected chi connectivity index (χ4v) is 1.24. The standard InChI is InChI=1S/C12H19NO4/c1-5-16-6-7-17-12(14)10(8-13)11(15-4)9(2)3/h9H,5-7H2,1-4H3. The highest BCUT2D eigenvalue weighted by Crippen LogP contribution is 2.16. The topological polar surface area (TPSA) is 68.5 Å². The smallest absolute Gasteiger partial charge is 0.352 e. The third-order valence-electron chi connectivity index (χ3n) is 1.97. The molecule has 0 aromatic heterocycles. The average Bonchev–Trinajstić information content (AvgIpc) is 2.30. The summed E-state index contributed by atoms with van der Waals surface area (Å²) in [6.45, 7) is 6.54. The maximum atomic E-state index is 11.6. The van der Waals surface area contributed by atoms with Crippen LogP contribution in [0.4, 0.5) is 0 Å². The van der Waals surface area contributed by atoms with Crippen LogP contribution in [0.2, 0.25) is 0 Å². The minimum Gasteiger partial charge on any atom is -0.499 e. The van der Waals surface area contributed by atoms with Crippen LogP contribution in [0, 0.1) is 17.2 Å². The van der Waals surface area contributed by atoms with Crippen molar-refractivity contribution in [2.75, 3.05) is 26.9 Å². The van der Waals surface area contributed by atoms with Gasteiger partial charge in [0.05, 0.1) is 13.7 Å². The molecule has 0 radical (unpaired) electrons. The van der Waals surface area contributed by atoms with E-state index in [2.05, 4.69) is 0 Å². The van der Waals surface area contributed by atoms with Crippen LogP contribution in [0.1, 0.15) is 20.8 Å². The molecule has 0 atom stereocenters. The lowest BCUT2D eigenvalue weighted by Gasteiger charge is -2.12. The summed E-state index contributed by atoms with van der Waals surface area (Å²) in [7, 11) is 1.43. The summed E-state index contributed by atoms with van der Waals surface area (Å²) in [5.41, 5.74) is -0.0843. The van der Waals surface area contributed by atoms with E-state index < -0.39 is 5.97 Å². The van der Waals surface area contributed by atoms with Crippen LogP contribution in [0.25, 0.3) is 0 Å². The number of methoxy groups -OCH3 is 1. The van der Waals surface area contributed by atoms with Gasteiger partial charge in [0, 0.05) is 12.5 Å². The number of nitriles is 1. The predicted molar refractivity (Wildman–Crippen MR) is 61.9 cm³/mol. The minimum atomic E-state index is -0.669. The molecule has 0 amide bonds. The van der Waals surface area contributed by atoms with Gasteiger partial charge in [0.2, 0.25) is 0 Å². The van der Waals surface area contributed by atoms with Gasteiger partial charge in [-0.25, -0.2) is 4.79 Å². The molecule has 0 saturated heterocycles. The fourth-order valence-electron chi connectivity index (χ4n) is 1.24. The van der Waals surface area contributed by atoms with Crippen molar-refractivity contribution >= 4 is 5.97 Å². The summed E-state index contributed by atoms with van der Waals surface area (Å²) < 4.78 is 15.0. The van der Waals surface area contributed by atoms with Crippen molar-refractivity contribution in [3.05, 3.63) is 11.3 Å². The highest BCUT2D eigenvalue weighted by molar-refractivity contribution is 5.93. The number of rotatable bonds is 7. The van der Waals surface area contributed by atoms with E-state index in [1.165, 1.54) is 7.11 Å². The van der Waals surface area contributed by atoms with Crippen LogP contribution in [0.15, 0.2) is 11.3 Å². The molecule has 0 rings (SSSR count). The Balaban J connectivity index is 4.56. The number of allylic oxidation sites excluding steroid dienone is 1. The van der Waals surface area contributed by atoms with E-state index >= 15 is 0 Å². The zero-order valence-corrected chi connectivity index (χ0v) is 10.8. The van der Waals surface area contributed by atoms with Crippen molar-refractivity contribution in [3.8, 4) is 6.07 Å². The van der Waals surface area contributed by atoms with Crippen molar-refractivity contribution in [1.82, 2.24) is 0 Å². The molecule has 0 N–H and O–H groups in total. The third kappa shape index (κ3) is 5.36. The van der Waals surface area contributed by atoms with Crippen LogP contribution in [-0.4, -0.2) is 32.9 Å². The Bertz CT molecular complexity index is 315. The highest BCUT2D eigenvalue weighted by atomic mass is 16.6. The second-order valence-corrected chi connectivity index (χ2v) is 3.54. The van der Waals surface area contributed by atoms with Crippen LogP contribution in [0.3, 0.4) is 0 Å². The van der Waals surface area contributed by atoms with Gasteiger partial charge in [-0.2, -0.15) is 5.26 Å². The van der Waals surface area contributed by atoms with E-state index in [1.807, 2.05) is 26.8 Å². The van der Waals surface area contributed by atoms with Gasteiger partial charge in [0.25, 0.3) is 0 Å². The quantitative estimate of drug-likeness (QED) is 0.223. The number of hydrogen-bond donors (Lipinski definition) is 0. The zero-order valence-electron chi connectivity index (χ0n) is 10.8. The number of nitrogens with zero attached hydrogens (tertiary/aromatic N) is 1. The van der Waals surface area contributed by atoms with Crippen LogP contribution in [-0.2, 0) is 19.0 Å². The molecule has 0 heterocycles. The molecule has 0 bridgehead atoms. The third-order valence-corrected chi connectivity index (χ3v) is 1.97. The van der Waals surface area contributed by atoms with E-state index in [0.29, 0.717) is 19.0 Å². The molecule has 5 nitrogen and oxygen atoms in total. The number of ether oxygens (including phenoxy) is 3. The Morgan fingerprint density at radius 3 is 2.41 bits per heavy atom. The maximum Gasteiger partial charge on any atom is 0.352 e. The maximum absolute atomic E-state index is 11.6. The van der Waals surface area contributed by atoms with Gasteiger partial charge < -0.3 is 14.2 Å². The van der Waals surface area contributed by atoms with Crippen molar-refractivity contribution in [3.63, 3.8) is 0 Å². The van der Waals surface area contributed by atoms with Crippen LogP contribution in [0.5, 0.6) is 0 Å². The normalized spacial score (nSPS) is 11.8. The van der Waals surface area contributed by atoms with Crippen LogP contribution >= 0.6 is 0 Å². The first-order valence-electron chi connectivity index (χ1n) is 5.51. The molecule has 17 heavy (non-hydrogen) atoms. The molecule has 0 aliphatic carbocycles. The minimum absolute atomic E-state index is 0.0471. The van der Waals surface area contributed by atoms with Gasteiger partial charge in [0.1, 0.15) is 18.4 Å². The molecule has 0 aromatic carbocycles.